The molecule has 2 fully saturated rings. The van der Waals surface area contributed by atoms with Crippen LogP contribution in [0.15, 0.2) is 30.3 Å². The molecule has 0 bridgehead atoms. The number of carbonyl (C=O) groups excluding carboxylic acids is 1. The molecule has 1 aromatic rings. The highest BCUT2D eigenvalue weighted by Gasteiger charge is 2.48. The fourth-order valence-corrected chi connectivity index (χ4v) is 3.96. The molecule has 126 valence electrons. The number of rotatable bonds is 5. The minimum Gasteiger partial charge on any atom is -0.460 e. The van der Waals surface area contributed by atoms with Crippen LogP contribution in [0.1, 0.15) is 39.2 Å². The predicted molar refractivity (Wildman–Crippen MR) is 91.1 cm³/mol. The van der Waals surface area contributed by atoms with Gasteiger partial charge in [0.1, 0.15) is 12.6 Å². The Labute approximate surface area is 139 Å². The third-order valence-electron chi connectivity index (χ3n) is 5.34. The first-order chi connectivity index (χ1) is 11.1. The van der Waals surface area contributed by atoms with E-state index in [0.29, 0.717) is 24.7 Å². The Morgan fingerprint density at radius 3 is 2.61 bits per heavy atom. The van der Waals surface area contributed by atoms with E-state index in [1.54, 1.807) is 0 Å². The van der Waals surface area contributed by atoms with E-state index in [2.05, 4.69) is 23.6 Å². The number of nitrogens with zero attached hydrogens (tertiary/aromatic N) is 2. The smallest absolute Gasteiger partial charge is 0.323 e. The number of likely N-dealkylation sites (tertiary alicyclic amines) is 2. The number of carbonyl (C=O) groups is 1. The van der Waals surface area contributed by atoms with Gasteiger partial charge in [0, 0.05) is 24.7 Å². The van der Waals surface area contributed by atoms with Gasteiger partial charge in [-0.2, -0.15) is 0 Å². The summed E-state index contributed by atoms with van der Waals surface area (Å²) in [5.41, 5.74) is 1.04. The van der Waals surface area contributed by atoms with Crippen molar-refractivity contribution in [1.82, 2.24) is 9.80 Å². The Bertz CT molecular complexity index is 531. The third kappa shape index (κ3) is 3.43. The number of piperidine rings is 1. The number of fused-ring (bicyclic) bond motifs is 1. The lowest BCUT2D eigenvalue weighted by Crippen LogP contribution is -2.72. The summed E-state index contributed by atoms with van der Waals surface area (Å²) in [6.45, 7) is 9.07. The van der Waals surface area contributed by atoms with Crippen molar-refractivity contribution in [2.24, 2.45) is 0 Å². The summed E-state index contributed by atoms with van der Waals surface area (Å²) >= 11 is 0. The molecule has 23 heavy (non-hydrogen) atoms. The molecule has 3 rings (SSSR count). The van der Waals surface area contributed by atoms with E-state index in [9.17, 15) is 4.79 Å². The molecule has 1 aromatic carbocycles. The lowest BCUT2D eigenvalue weighted by molar-refractivity contribution is -0.161. The van der Waals surface area contributed by atoms with Crippen molar-refractivity contribution in [1.29, 1.82) is 0 Å². The zero-order valence-corrected chi connectivity index (χ0v) is 14.4. The molecule has 0 saturated carbocycles. The SMILES string of the molecule is CC(C)N1CCCC2C1CN2C(C)C(=O)OCc1ccccc1. The average molecular weight is 316 g/mol. The largest absolute Gasteiger partial charge is 0.460 e. The maximum atomic E-state index is 12.4. The van der Waals surface area contributed by atoms with Crippen molar-refractivity contribution in [2.75, 3.05) is 13.1 Å². The summed E-state index contributed by atoms with van der Waals surface area (Å²) in [4.78, 5) is 17.3. The standard InChI is InChI=1S/C19H28N2O2/c1-14(2)20-11-7-10-17-18(20)12-21(17)15(3)19(22)23-13-16-8-5-4-6-9-16/h4-6,8-9,14-15,17-18H,7,10-13H2,1-3H3. The highest BCUT2D eigenvalue weighted by atomic mass is 16.5. The first-order valence-corrected chi connectivity index (χ1v) is 8.80. The summed E-state index contributed by atoms with van der Waals surface area (Å²) in [6, 6.07) is 11.5. The van der Waals surface area contributed by atoms with E-state index in [4.69, 9.17) is 4.74 Å². The van der Waals surface area contributed by atoms with Crippen LogP contribution in [-0.2, 0) is 16.1 Å². The second-order valence-corrected chi connectivity index (χ2v) is 7.07. The normalized spacial score (nSPS) is 26.4. The molecular weight excluding hydrogens is 288 g/mol. The first-order valence-electron chi connectivity index (χ1n) is 8.80. The van der Waals surface area contributed by atoms with Crippen LogP contribution in [0, 0.1) is 0 Å². The van der Waals surface area contributed by atoms with Gasteiger partial charge in [-0.1, -0.05) is 30.3 Å². The summed E-state index contributed by atoms with van der Waals surface area (Å²) in [7, 11) is 0. The van der Waals surface area contributed by atoms with E-state index >= 15 is 0 Å². The second kappa shape index (κ2) is 7.02. The molecule has 2 aliphatic rings. The van der Waals surface area contributed by atoms with Crippen LogP contribution in [0.25, 0.3) is 0 Å². The van der Waals surface area contributed by atoms with E-state index < -0.39 is 0 Å². The highest BCUT2D eigenvalue weighted by Crippen LogP contribution is 2.34. The Morgan fingerprint density at radius 1 is 1.17 bits per heavy atom. The average Bonchev–Trinajstić information content (AvgIpc) is 2.54. The molecule has 4 nitrogen and oxygen atoms in total. The van der Waals surface area contributed by atoms with Crippen molar-refractivity contribution in [3.63, 3.8) is 0 Å². The quantitative estimate of drug-likeness (QED) is 0.782. The van der Waals surface area contributed by atoms with Gasteiger partial charge in [-0.25, -0.2) is 0 Å². The lowest BCUT2D eigenvalue weighted by Gasteiger charge is -2.58. The summed E-state index contributed by atoms with van der Waals surface area (Å²) in [5, 5.41) is 0. The fourth-order valence-electron chi connectivity index (χ4n) is 3.96. The zero-order chi connectivity index (χ0) is 16.4. The van der Waals surface area contributed by atoms with Crippen molar-refractivity contribution in [2.45, 2.75) is 64.4 Å². The minimum atomic E-state index is -0.146. The monoisotopic (exact) mass is 316 g/mol. The highest BCUT2D eigenvalue weighted by molar-refractivity contribution is 5.75. The molecule has 2 heterocycles. The number of esters is 1. The van der Waals surface area contributed by atoms with Crippen LogP contribution in [0.3, 0.4) is 0 Å². The number of hydrogen-bond donors (Lipinski definition) is 0. The molecule has 4 heteroatoms. The molecule has 0 spiro atoms. The second-order valence-electron chi connectivity index (χ2n) is 7.07. The van der Waals surface area contributed by atoms with Crippen LogP contribution in [0.2, 0.25) is 0 Å². The number of ether oxygens (including phenoxy) is 1. The summed E-state index contributed by atoms with van der Waals surface area (Å²) in [5.74, 6) is -0.103. The van der Waals surface area contributed by atoms with E-state index in [1.165, 1.54) is 19.4 Å². The van der Waals surface area contributed by atoms with E-state index in [0.717, 1.165) is 12.1 Å². The molecule has 3 atom stereocenters. The maximum absolute atomic E-state index is 12.4. The first kappa shape index (κ1) is 16.5. The molecule has 0 aromatic heterocycles. The van der Waals surface area contributed by atoms with Gasteiger partial charge in [-0.15, -0.1) is 0 Å². The van der Waals surface area contributed by atoms with Gasteiger partial charge < -0.3 is 4.74 Å². The van der Waals surface area contributed by atoms with Crippen LogP contribution < -0.4 is 0 Å². The van der Waals surface area contributed by atoms with Gasteiger partial charge in [0.2, 0.25) is 0 Å². The molecule has 2 saturated heterocycles. The van der Waals surface area contributed by atoms with E-state index in [1.807, 2.05) is 37.3 Å². The Hall–Kier alpha value is -1.39. The Morgan fingerprint density at radius 2 is 1.91 bits per heavy atom. The fraction of sp³-hybridized carbons (Fsp3) is 0.632. The van der Waals surface area contributed by atoms with Gasteiger partial charge in [-0.3, -0.25) is 14.6 Å². The van der Waals surface area contributed by atoms with Gasteiger partial charge in [0.25, 0.3) is 0 Å². The molecule has 0 radical (unpaired) electrons. The van der Waals surface area contributed by atoms with E-state index in [-0.39, 0.29) is 12.0 Å². The summed E-state index contributed by atoms with van der Waals surface area (Å²) in [6.07, 6.45) is 2.42. The molecule has 0 aliphatic carbocycles. The maximum Gasteiger partial charge on any atom is 0.323 e. The molecule has 0 N–H and O–H groups in total. The molecule has 2 aliphatic heterocycles. The molecule has 3 unspecified atom stereocenters. The van der Waals surface area contributed by atoms with Crippen LogP contribution in [-0.4, -0.2) is 53.0 Å². The summed E-state index contributed by atoms with van der Waals surface area (Å²) < 4.78 is 5.51. The third-order valence-corrected chi connectivity index (χ3v) is 5.34. The Balaban J connectivity index is 1.53. The lowest BCUT2D eigenvalue weighted by atomic mass is 9.84. The van der Waals surface area contributed by atoms with Gasteiger partial charge in [0.15, 0.2) is 0 Å². The molecule has 0 amide bonds. The van der Waals surface area contributed by atoms with Gasteiger partial charge in [-0.05, 0) is 45.7 Å². The van der Waals surface area contributed by atoms with Gasteiger partial charge in [0.05, 0.1) is 0 Å². The number of hydrogen-bond acceptors (Lipinski definition) is 4. The van der Waals surface area contributed by atoms with Crippen molar-refractivity contribution in [3.8, 4) is 0 Å². The topological polar surface area (TPSA) is 32.8 Å². The number of benzene rings is 1. The van der Waals surface area contributed by atoms with Gasteiger partial charge >= 0.3 is 5.97 Å². The van der Waals surface area contributed by atoms with Crippen LogP contribution >= 0.6 is 0 Å². The van der Waals surface area contributed by atoms with Crippen molar-refractivity contribution in [3.05, 3.63) is 35.9 Å². The zero-order valence-electron chi connectivity index (χ0n) is 14.4. The van der Waals surface area contributed by atoms with Crippen LogP contribution in [0.5, 0.6) is 0 Å². The van der Waals surface area contributed by atoms with Crippen LogP contribution in [0.4, 0.5) is 0 Å². The molecular formula is C19H28N2O2. The van der Waals surface area contributed by atoms with Crippen molar-refractivity contribution < 1.29 is 9.53 Å². The predicted octanol–water partition coefficient (Wildman–Crippen LogP) is 2.68. The Kier molecular flexibility index (Phi) is 5.02. The minimum absolute atomic E-state index is 0.103. The van der Waals surface area contributed by atoms with Crippen molar-refractivity contribution >= 4 is 5.97 Å².